The van der Waals surface area contributed by atoms with E-state index in [4.69, 9.17) is 4.74 Å². The van der Waals surface area contributed by atoms with Crippen LogP contribution in [0.15, 0.2) is 0 Å². The number of aliphatic hydroxyl groups is 1. The Morgan fingerprint density at radius 2 is 2.05 bits per heavy atom. The van der Waals surface area contributed by atoms with Gasteiger partial charge in [0.25, 0.3) is 0 Å². The van der Waals surface area contributed by atoms with Gasteiger partial charge in [0.1, 0.15) is 0 Å². The van der Waals surface area contributed by atoms with E-state index in [1.54, 1.807) is 0 Å². The molecular weight excluding hydrogens is 250 g/mol. The van der Waals surface area contributed by atoms with E-state index in [1.165, 1.54) is 19.3 Å². The van der Waals surface area contributed by atoms with Crippen LogP contribution in [0, 0.1) is 16.7 Å². The van der Waals surface area contributed by atoms with Crippen LogP contribution in [0.2, 0.25) is 0 Å². The van der Waals surface area contributed by atoms with Gasteiger partial charge < -0.3 is 15.2 Å². The summed E-state index contributed by atoms with van der Waals surface area (Å²) in [7, 11) is 0. The van der Waals surface area contributed by atoms with E-state index in [9.17, 15) is 5.11 Å². The molecule has 0 radical (unpaired) electrons. The molecule has 0 saturated heterocycles. The lowest BCUT2D eigenvalue weighted by atomic mass is 9.70. The highest BCUT2D eigenvalue weighted by Gasteiger charge is 2.61. The Kier molecular flexibility index (Phi) is 4.83. The van der Waals surface area contributed by atoms with Crippen molar-refractivity contribution in [3.05, 3.63) is 0 Å². The van der Waals surface area contributed by atoms with Crippen molar-refractivity contribution in [3.8, 4) is 0 Å². The van der Waals surface area contributed by atoms with Crippen molar-refractivity contribution >= 4 is 0 Å². The van der Waals surface area contributed by atoms with Gasteiger partial charge in [0.05, 0.1) is 18.8 Å². The molecule has 2 rings (SSSR count). The number of nitrogens with one attached hydrogen (secondary N) is 1. The molecule has 2 saturated carbocycles. The van der Waals surface area contributed by atoms with E-state index in [-0.39, 0.29) is 0 Å². The zero-order chi connectivity index (χ0) is 15.0. The first-order valence-electron chi connectivity index (χ1n) is 8.34. The summed E-state index contributed by atoms with van der Waals surface area (Å²) in [5, 5.41) is 13.4. The van der Waals surface area contributed by atoms with Gasteiger partial charge in [-0.05, 0) is 49.4 Å². The molecule has 5 atom stereocenters. The minimum Gasteiger partial charge on any atom is -0.389 e. The third kappa shape index (κ3) is 2.77. The summed E-state index contributed by atoms with van der Waals surface area (Å²) in [6.07, 6.45) is 4.82. The Morgan fingerprint density at radius 1 is 1.35 bits per heavy atom. The van der Waals surface area contributed by atoms with Crippen LogP contribution in [-0.2, 0) is 4.74 Å². The third-order valence-corrected chi connectivity index (χ3v) is 6.52. The predicted molar refractivity (Wildman–Crippen MR) is 82.7 cm³/mol. The molecule has 3 nitrogen and oxygen atoms in total. The molecule has 2 aliphatic carbocycles. The summed E-state index contributed by atoms with van der Waals surface area (Å²) >= 11 is 0. The minimum absolute atomic E-state index is 0.293. The highest BCUT2D eigenvalue weighted by atomic mass is 16.5. The summed E-state index contributed by atoms with van der Waals surface area (Å²) in [5.74, 6) is 0.799. The average molecular weight is 283 g/mol. The highest BCUT2D eigenvalue weighted by molar-refractivity contribution is 5.11. The molecule has 3 heteroatoms. The van der Waals surface area contributed by atoms with E-state index in [0.717, 1.165) is 12.3 Å². The van der Waals surface area contributed by atoms with Gasteiger partial charge >= 0.3 is 0 Å². The number of ether oxygens (including phenoxy) is 1. The number of fused-ring (bicyclic) bond motifs is 2. The summed E-state index contributed by atoms with van der Waals surface area (Å²) in [4.78, 5) is 0. The van der Waals surface area contributed by atoms with Crippen molar-refractivity contribution in [1.82, 2.24) is 5.32 Å². The Morgan fingerprint density at radius 3 is 2.55 bits per heavy atom. The molecule has 2 bridgehead atoms. The Labute approximate surface area is 124 Å². The van der Waals surface area contributed by atoms with Crippen LogP contribution in [0.4, 0.5) is 0 Å². The maximum atomic E-state index is 10.1. The monoisotopic (exact) mass is 283 g/mol. The molecule has 2 aliphatic rings. The largest absolute Gasteiger partial charge is 0.389 e. The SMILES string of the molecule is CC[C@H](C)NC[C@@H](O)CO[C@H]1C[C@H]2CC[C@@]1(C)C2(C)C. The Bertz CT molecular complexity index is 331. The summed E-state index contributed by atoms with van der Waals surface area (Å²) in [6, 6.07) is 0.462. The van der Waals surface area contributed by atoms with E-state index < -0.39 is 6.10 Å². The lowest BCUT2D eigenvalue weighted by molar-refractivity contribution is -0.0744. The lowest BCUT2D eigenvalue weighted by Gasteiger charge is -2.39. The second-order valence-corrected chi connectivity index (χ2v) is 7.80. The fraction of sp³-hybridized carbons (Fsp3) is 1.00. The van der Waals surface area contributed by atoms with E-state index >= 15 is 0 Å². The van der Waals surface area contributed by atoms with Crippen LogP contribution in [0.5, 0.6) is 0 Å². The number of hydrogen-bond acceptors (Lipinski definition) is 3. The van der Waals surface area contributed by atoms with Gasteiger partial charge in [-0.3, -0.25) is 0 Å². The molecule has 20 heavy (non-hydrogen) atoms. The van der Waals surface area contributed by atoms with Crippen molar-refractivity contribution in [2.45, 2.75) is 78.6 Å². The fourth-order valence-electron chi connectivity index (χ4n) is 4.15. The van der Waals surface area contributed by atoms with Crippen molar-refractivity contribution in [3.63, 3.8) is 0 Å². The van der Waals surface area contributed by atoms with Crippen LogP contribution in [0.25, 0.3) is 0 Å². The molecule has 0 heterocycles. The molecule has 0 aliphatic heterocycles. The van der Waals surface area contributed by atoms with Gasteiger partial charge in [-0.2, -0.15) is 0 Å². The first-order valence-corrected chi connectivity index (χ1v) is 8.34. The average Bonchev–Trinajstić information content (AvgIpc) is 2.75. The third-order valence-electron chi connectivity index (χ3n) is 6.52. The van der Waals surface area contributed by atoms with Crippen LogP contribution in [0.1, 0.15) is 60.3 Å². The van der Waals surface area contributed by atoms with Gasteiger partial charge in [-0.1, -0.05) is 27.7 Å². The van der Waals surface area contributed by atoms with E-state index in [1.807, 2.05) is 0 Å². The van der Waals surface area contributed by atoms with Crippen LogP contribution in [0.3, 0.4) is 0 Å². The van der Waals surface area contributed by atoms with Crippen molar-refractivity contribution in [1.29, 1.82) is 0 Å². The fourth-order valence-corrected chi connectivity index (χ4v) is 4.15. The normalized spacial score (nSPS) is 38.1. The first kappa shape index (κ1) is 16.3. The Hall–Kier alpha value is -0.120. The van der Waals surface area contributed by atoms with Crippen LogP contribution in [-0.4, -0.2) is 36.5 Å². The molecule has 0 aromatic carbocycles. The van der Waals surface area contributed by atoms with Gasteiger partial charge in [-0.25, -0.2) is 0 Å². The highest BCUT2D eigenvalue weighted by Crippen LogP contribution is 2.66. The summed E-state index contributed by atoms with van der Waals surface area (Å²) in [5.41, 5.74) is 0.680. The summed E-state index contributed by atoms with van der Waals surface area (Å²) < 4.78 is 6.11. The Balaban J connectivity index is 1.78. The molecular formula is C17H33NO2. The number of aliphatic hydroxyl groups excluding tert-OH is 1. The van der Waals surface area contributed by atoms with E-state index in [2.05, 4.69) is 39.9 Å². The van der Waals surface area contributed by atoms with Crippen molar-refractivity contribution in [2.24, 2.45) is 16.7 Å². The van der Waals surface area contributed by atoms with Crippen LogP contribution < -0.4 is 5.32 Å². The van der Waals surface area contributed by atoms with Crippen molar-refractivity contribution in [2.75, 3.05) is 13.2 Å². The standard InChI is InChI=1S/C17H33NO2/c1-6-12(2)18-10-14(19)11-20-15-9-13-7-8-17(15,5)16(13,3)4/h12-15,18-19H,6-11H2,1-5H3/t12-,13+,14+,15-,17+/m0/s1. The summed E-state index contributed by atoms with van der Waals surface area (Å²) in [6.45, 7) is 12.6. The first-order chi connectivity index (χ1) is 9.31. The molecule has 2 N–H and O–H groups in total. The molecule has 0 spiro atoms. The van der Waals surface area contributed by atoms with Gasteiger partial charge in [0.15, 0.2) is 0 Å². The maximum Gasteiger partial charge on any atom is 0.0897 e. The molecule has 0 aromatic rings. The molecule has 0 unspecified atom stereocenters. The second kappa shape index (κ2) is 5.94. The zero-order valence-corrected chi connectivity index (χ0v) is 13.9. The van der Waals surface area contributed by atoms with Crippen molar-refractivity contribution < 1.29 is 9.84 Å². The molecule has 0 aromatic heterocycles. The smallest absolute Gasteiger partial charge is 0.0897 e. The number of hydrogen-bond donors (Lipinski definition) is 2. The minimum atomic E-state index is -0.394. The second-order valence-electron chi connectivity index (χ2n) is 7.80. The van der Waals surface area contributed by atoms with E-state index in [0.29, 0.717) is 36.1 Å². The molecule has 118 valence electrons. The molecule has 2 fully saturated rings. The lowest BCUT2D eigenvalue weighted by Crippen LogP contribution is -2.40. The van der Waals surface area contributed by atoms with Gasteiger partial charge in [-0.15, -0.1) is 0 Å². The maximum absolute atomic E-state index is 10.1. The van der Waals surface area contributed by atoms with Gasteiger partial charge in [0, 0.05) is 12.6 Å². The topological polar surface area (TPSA) is 41.5 Å². The predicted octanol–water partition coefficient (Wildman–Crippen LogP) is 2.97. The quantitative estimate of drug-likeness (QED) is 0.755. The molecule has 0 amide bonds. The van der Waals surface area contributed by atoms with Crippen LogP contribution >= 0.6 is 0 Å². The van der Waals surface area contributed by atoms with Gasteiger partial charge in [0.2, 0.25) is 0 Å². The number of rotatable bonds is 7. The zero-order valence-electron chi connectivity index (χ0n) is 13.9.